The summed E-state index contributed by atoms with van der Waals surface area (Å²) in [5, 5.41) is 11.5. The van der Waals surface area contributed by atoms with E-state index in [1.807, 2.05) is 18.2 Å². The smallest absolute Gasteiger partial charge is 0.234 e. The van der Waals surface area contributed by atoms with Gasteiger partial charge in [-0.05, 0) is 68.8 Å². The number of rotatable bonds is 6. The van der Waals surface area contributed by atoms with Crippen LogP contribution >= 0.6 is 0 Å². The van der Waals surface area contributed by atoms with Gasteiger partial charge in [0, 0.05) is 37.9 Å². The predicted molar refractivity (Wildman–Crippen MR) is 104 cm³/mol. The van der Waals surface area contributed by atoms with Crippen LogP contribution in [0.4, 0.5) is 10.1 Å². The molecular weight excluding hydrogens is 343 g/mol. The van der Waals surface area contributed by atoms with Gasteiger partial charge in [-0.2, -0.15) is 5.26 Å². The summed E-state index contributed by atoms with van der Waals surface area (Å²) >= 11 is 0. The molecule has 0 radical (unpaired) electrons. The van der Waals surface area contributed by atoms with Gasteiger partial charge < -0.3 is 10.2 Å². The van der Waals surface area contributed by atoms with Crippen LogP contribution in [0.25, 0.3) is 0 Å². The number of carbonyl (C=O) groups is 1. The van der Waals surface area contributed by atoms with Crippen molar-refractivity contribution in [3.8, 4) is 6.07 Å². The summed E-state index contributed by atoms with van der Waals surface area (Å²) in [6.07, 6.45) is 5.56. The summed E-state index contributed by atoms with van der Waals surface area (Å²) in [4.78, 5) is 16.4. The Morgan fingerprint density at radius 3 is 2.41 bits per heavy atom. The van der Waals surface area contributed by atoms with E-state index >= 15 is 0 Å². The van der Waals surface area contributed by atoms with Gasteiger partial charge in [-0.15, -0.1) is 0 Å². The van der Waals surface area contributed by atoms with E-state index in [1.54, 1.807) is 0 Å². The normalized spacial score (nSPS) is 23.6. The number of carbonyl (C=O) groups excluding carboxylic acids is 1. The predicted octanol–water partition coefficient (Wildman–Crippen LogP) is 2.93. The zero-order valence-corrected chi connectivity index (χ0v) is 15.9. The summed E-state index contributed by atoms with van der Waals surface area (Å²) in [7, 11) is 0. The summed E-state index contributed by atoms with van der Waals surface area (Å²) < 4.78 is 13.1. The van der Waals surface area contributed by atoms with Gasteiger partial charge in [0.2, 0.25) is 5.91 Å². The summed E-state index contributed by atoms with van der Waals surface area (Å²) in [5.74, 6) is 0.418. The Labute approximate surface area is 161 Å². The number of anilines is 1. The minimum Gasteiger partial charge on any atom is -0.369 e. The second kappa shape index (κ2) is 9.70. The molecule has 1 N–H and O–H groups in total. The lowest BCUT2D eigenvalue weighted by molar-refractivity contribution is -0.121. The van der Waals surface area contributed by atoms with Crippen LogP contribution in [0.5, 0.6) is 0 Å². The molecule has 1 saturated heterocycles. The maximum Gasteiger partial charge on any atom is 0.234 e. The topological polar surface area (TPSA) is 59.4 Å². The standard InChI is InChI=1S/C21H29FN4O/c22-18-3-7-20(8-4-18)26-15-13-25(14-16-26)12-10-17-1-5-19(6-2-17)24-21(27)9-11-23/h3-4,7-8,17,19H,1-2,5-6,9-10,12-16H2,(H,24,27). The van der Waals surface area contributed by atoms with E-state index in [9.17, 15) is 9.18 Å². The SMILES string of the molecule is N#CCC(=O)NC1CCC(CCN2CCN(c3ccc(F)cc3)CC2)CC1. The molecule has 0 bridgehead atoms. The fraction of sp³-hybridized carbons (Fsp3) is 0.619. The Balaban J connectivity index is 1.32. The minimum absolute atomic E-state index is 0.0379. The zero-order chi connectivity index (χ0) is 19.1. The fourth-order valence-corrected chi connectivity index (χ4v) is 4.19. The van der Waals surface area contributed by atoms with Crippen LogP contribution in [0.3, 0.4) is 0 Å². The number of piperazine rings is 1. The average Bonchev–Trinajstić information content (AvgIpc) is 2.69. The van der Waals surface area contributed by atoms with E-state index in [4.69, 9.17) is 5.26 Å². The van der Waals surface area contributed by atoms with Gasteiger partial charge in [0.15, 0.2) is 0 Å². The molecule has 0 spiro atoms. The van der Waals surface area contributed by atoms with E-state index in [0.717, 1.165) is 70.0 Å². The molecule has 1 aliphatic carbocycles. The lowest BCUT2D eigenvalue weighted by atomic mass is 9.84. The van der Waals surface area contributed by atoms with Crippen LogP contribution in [-0.2, 0) is 4.79 Å². The maximum atomic E-state index is 13.1. The number of hydrogen-bond acceptors (Lipinski definition) is 4. The molecule has 6 heteroatoms. The molecule has 0 atom stereocenters. The lowest BCUT2D eigenvalue weighted by Crippen LogP contribution is -2.47. The first-order valence-electron chi connectivity index (χ1n) is 10.0. The van der Waals surface area contributed by atoms with Gasteiger partial charge in [0.25, 0.3) is 0 Å². The molecule has 0 unspecified atom stereocenters. The number of halogens is 1. The van der Waals surface area contributed by atoms with Crippen LogP contribution in [0.2, 0.25) is 0 Å². The summed E-state index contributed by atoms with van der Waals surface area (Å²) in [6.45, 7) is 5.22. The van der Waals surface area contributed by atoms with Crippen molar-refractivity contribution in [2.75, 3.05) is 37.6 Å². The molecule has 1 amide bonds. The van der Waals surface area contributed by atoms with Crippen LogP contribution < -0.4 is 10.2 Å². The molecule has 1 saturated carbocycles. The second-order valence-corrected chi connectivity index (χ2v) is 7.71. The summed E-state index contributed by atoms with van der Waals surface area (Å²) in [5.41, 5.74) is 1.10. The zero-order valence-electron chi connectivity index (χ0n) is 15.9. The Morgan fingerprint density at radius 2 is 1.78 bits per heavy atom. The third-order valence-electron chi connectivity index (χ3n) is 5.87. The van der Waals surface area contributed by atoms with Crippen LogP contribution in [0, 0.1) is 23.1 Å². The first kappa shape index (κ1) is 19.6. The minimum atomic E-state index is -0.184. The van der Waals surface area contributed by atoms with Gasteiger partial charge in [0.05, 0.1) is 6.07 Å². The second-order valence-electron chi connectivity index (χ2n) is 7.71. The lowest BCUT2D eigenvalue weighted by Gasteiger charge is -2.37. The number of nitrogens with zero attached hydrogens (tertiary/aromatic N) is 3. The van der Waals surface area contributed by atoms with Crippen LogP contribution in [0.1, 0.15) is 38.5 Å². The van der Waals surface area contributed by atoms with Crippen molar-refractivity contribution in [1.82, 2.24) is 10.2 Å². The number of hydrogen-bond donors (Lipinski definition) is 1. The number of nitriles is 1. The Morgan fingerprint density at radius 1 is 1.11 bits per heavy atom. The fourth-order valence-electron chi connectivity index (χ4n) is 4.19. The molecular formula is C21H29FN4O. The Bertz CT molecular complexity index is 641. The number of nitrogens with one attached hydrogen (secondary N) is 1. The molecule has 1 aliphatic heterocycles. The third kappa shape index (κ3) is 5.93. The van der Waals surface area contributed by atoms with E-state index in [-0.39, 0.29) is 24.2 Å². The van der Waals surface area contributed by atoms with Gasteiger partial charge in [-0.1, -0.05) is 0 Å². The summed E-state index contributed by atoms with van der Waals surface area (Å²) in [6, 6.07) is 8.93. The van der Waals surface area contributed by atoms with E-state index in [0.29, 0.717) is 0 Å². The van der Waals surface area contributed by atoms with Crippen LogP contribution in [0.15, 0.2) is 24.3 Å². The van der Waals surface area contributed by atoms with Gasteiger partial charge in [0.1, 0.15) is 12.2 Å². The first-order valence-corrected chi connectivity index (χ1v) is 10.0. The van der Waals surface area contributed by atoms with Crippen molar-refractivity contribution < 1.29 is 9.18 Å². The molecule has 27 heavy (non-hydrogen) atoms. The Kier molecular flexibility index (Phi) is 7.05. The quantitative estimate of drug-likeness (QED) is 0.834. The van der Waals surface area contributed by atoms with Crippen molar-refractivity contribution >= 4 is 11.6 Å². The highest BCUT2D eigenvalue weighted by Crippen LogP contribution is 2.27. The van der Waals surface area contributed by atoms with Crippen molar-refractivity contribution in [2.24, 2.45) is 5.92 Å². The van der Waals surface area contributed by atoms with E-state index in [2.05, 4.69) is 15.1 Å². The molecule has 3 rings (SSSR count). The highest BCUT2D eigenvalue weighted by molar-refractivity contribution is 5.78. The van der Waals surface area contributed by atoms with E-state index < -0.39 is 0 Å². The molecule has 146 valence electrons. The number of benzene rings is 1. The van der Waals surface area contributed by atoms with Crippen LogP contribution in [-0.4, -0.2) is 49.6 Å². The molecule has 0 aromatic heterocycles. The van der Waals surface area contributed by atoms with Gasteiger partial charge in [-0.3, -0.25) is 9.69 Å². The highest BCUT2D eigenvalue weighted by Gasteiger charge is 2.24. The first-order chi connectivity index (χ1) is 13.1. The molecule has 5 nitrogen and oxygen atoms in total. The molecule has 1 aromatic carbocycles. The van der Waals surface area contributed by atoms with Crippen molar-refractivity contribution in [3.05, 3.63) is 30.1 Å². The van der Waals surface area contributed by atoms with Crippen molar-refractivity contribution in [3.63, 3.8) is 0 Å². The highest BCUT2D eigenvalue weighted by atomic mass is 19.1. The molecule has 1 heterocycles. The van der Waals surface area contributed by atoms with Gasteiger partial charge >= 0.3 is 0 Å². The van der Waals surface area contributed by atoms with Crippen molar-refractivity contribution in [2.45, 2.75) is 44.6 Å². The Hall–Kier alpha value is -2.13. The average molecular weight is 372 g/mol. The molecule has 2 aliphatic rings. The number of amides is 1. The molecule has 1 aromatic rings. The molecule has 2 fully saturated rings. The van der Waals surface area contributed by atoms with E-state index in [1.165, 1.54) is 18.6 Å². The van der Waals surface area contributed by atoms with Gasteiger partial charge in [-0.25, -0.2) is 4.39 Å². The van der Waals surface area contributed by atoms with Crippen molar-refractivity contribution in [1.29, 1.82) is 5.26 Å². The monoisotopic (exact) mass is 372 g/mol. The third-order valence-corrected chi connectivity index (χ3v) is 5.87. The largest absolute Gasteiger partial charge is 0.369 e. The maximum absolute atomic E-state index is 13.1.